The molecule has 5 heteroatoms. The maximum Gasteiger partial charge on any atom is 0.308 e. The Balaban J connectivity index is 1.83. The number of hydrogen-bond donors (Lipinski definition) is 2. The average molecular weight is 274 g/mol. The number of amides is 1. The second-order valence-electron chi connectivity index (χ2n) is 5.67. The maximum absolute atomic E-state index is 11.5. The first-order chi connectivity index (χ1) is 9.58. The van der Waals surface area contributed by atoms with Gasteiger partial charge in [0, 0.05) is 24.2 Å². The number of carboxylic acid groups (broad SMARTS) is 1. The van der Waals surface area contributed by atoms with E-state index < -0.39 is 11.9 Å². The molecule has 1 aromatic carbocycles. The summed E-state index contributed by atoms with van der Waals surface area (Å²) in [7, 11) is 0. The zero-order chi connectivity index (χ0) is 14.3. The molecule has 3 atom stereocenters. The Kier molecular flexibility index (Phi) is 3.22. The summed E-state index contributed by atoms with van der Waals surface area (Å²) >= 11 is 0. The van der Waals surface area contributed by atoms with Crippen LogP contribution in [0, 0.1) is 5.92 Å². The molecule has 2 saturated heterocycles. The number of carboxylic acids is 1. The highest BCUT2D eigenvalue weighted by Crippen LogP contribution is 2.42. The van der Waals surface area contributed by atoms with E-state index in [-0.39, 0.29) is 12.0 Å². The van der Waals surface area contributed by atoms with Crippen LogP contribution in [0.4, 0.5) is 0 Å². The lowest BCUT2D eigenvalue weighted by Crippen LogP contribution is -2.33. The van der Waals surface area contributed by atoms with Gasteiger partial charge in [-0.05, 0) is 30.9 Å². The van der Waals surface area contributed by atoms with Crippen molar-refractivity contribution >= 4 is 11.9 Å². The first kappa shape index (κ1) is 13.1. The molecule has 106 valence electrons. The quantitative estimate of drug-likeness (QED) is 0.864. The molecule has 2 aliphatic rings. The molecular weight excluding hydrogens is 256 g/mol. The summed E-state index contributed by atoms with van der Waals surface area (Å²) in [5, 5.41) is 9.26. The fourth-order valence-electron chi connectivity index (χ4n) is 3.71. The third kappa shape index (κ3) is 2.08. The highest BCUT2D eigenvalue weighted by molar-refractivity contribution is 5.94. The van der Waals surface area contributed by atoms with Crippen LogP contribution in [-0.4, -0.2) is 34.0 Å². The van der Waals surface area contributed by atoms with Crippen molar-refractivity contribution in [2.75, 3.05) is 0 Å². The molecule has 3 N–H and O–H groups in total. The number of fused-ring (bicyclic) bond motifs is 2. The number of hydrogen-bond acceptors (Lipinski definition) is 3. The standard InChI is InChI=1S/C15H18N2O3/c16-14(18)11-4-2-1-3-9(11)8-17-10-5-6-13(17)12(7-10)15(19)20/h1-4,10,12-13H,5-8H2,(H2,16,18)(H,19,20). The van der Waals surface area contributed by atoms with Crippen molar-refractivity contribution in [3.8, 4) is 0 Å². The molecule has 2 bridgehead atoms. The molecule has 3 rings (SSSR count). The molecule has 20 heavy (non-hydrogen) atoms. The van der Waals surface area contributed by atoms with E-state index in [2.05, 4.69) is 4.90 Å². The van der Waals surface area contributed by atoms with Crippen LogP contribution in [0.5, 0.6) is 0 Å². The molecule has 2 heterocycles. The Morgan fingerprint density at radius 3 is 2.70 bits per heavy atom. The van der Waals surface area contributed by atoms with Gasteiger partial charge in [0.15, 0.2) is 0 Å². The SMILES string of the molecule is NC(=O)c1ccccc1CN1C2CCC1C(C(=O)O)C2. The van der Waals surface area contributed by atoms with Gasteiger partial charge in [-0.25, -0.2) is 0 Å². The van der Waals surface area contributed by atoms with Crippen LogP contribution in [0.2, 0.25) is 0 Å². The van der Waals surface area contributed by atoms with E-state index in [1.807, 2.05) is 12.1 Å². The molecule has 2 aliphatic heterocycles. The third-order valence-corrected chi connectivity index (χ3v) is 4.63. The van der Waals surface area contributed by atoms with Crippen LogP contribution in [-0.2, 0) is 11.3 Å². The highest BCUT2D eigenvalue weighted by Gasteiger charge is 2.49. The molecular formula is C15H18N2O3. The van der Waals surface area contributed by atoms with Crippen LogP contribution >= 0.6 is 0 Å². The second-order valence-corrected chi connectivity index (χ2v) is 5.67. The zero-order valence-electron chi connectivity index (χ0n) is 11.2. The Labute approximate surface area is 117 Å². The van der Waals surface area contributed by atoms with E-state index in [4.69, 9.17) is 5.73 Å². The summed E-state index contributed by atoms with van der Waals surface area (Å²) in [5.41, 5.74) is 6.82. The fourth-order valence-corrected chi connectivity index (χ4v) is 3.71. The number of rotatable bonds is 4. The predicted octanol–water partition coefficient (Wildman–Crippen LogP) is 1.22. The summed E-state index contributed by atoms with van der Waals surface area (Å²) in [4.78, 5) is 25.0. The van der Waals surface area contributed by atoms with Crippen LogP contribution in [0.15, 0.2) is 24.3 Å². The highest BCUT2D eigenvalue weighted by atomic mass is 16.4. The first-order valence-corrected chi connectivity index (χ1v) is 6.94. The molecule has 0 aliphatic carbocycles. The normalized spacial score (nSPS) is 28.7. The molecule has 0 radical (unpaired) electrons. The molecule has 3 unspecified atom stereocenters. The van der Waals surface area contributed by atoms with E-state index in [9.17, 15) is 14.7 Å². The Hall–Kier alpha value is -1.88. The number of aliphatic carboxylic acids is 1. The van der Waals surface area contributed by atoms with Gasteiger partial charge < -0.3 is 10.8 Å². The van der Waals surface area contributed by atoms with Gasteiger partial charge in [-0.15, -0.1) is 0 Å². The number of carbonyl (C=O) groups excluding carboxylic acids is 1. The Bertz CT molecular complexity index is 558. The molecule has 2 fully saturated rings. The second kappa shape index (κ2) is 4.90. The van der Waals surface area contributed by atoms with Gasteiger partial charge in [-0.1, -0.05) is 18.2 Å². The molecule has 0 spiro atoms. The minimum atomic E-state index is -0.703. The van der Waals surface area contributed by atoms with Crippen molar-refractivity contribution < 1.29 is 14.7 Å². The summed E-state index contributed by atoms with van der Waals surface area (Å²) in [6, 6.07) is 7.72. The van der Waals surface area contributed by atoms with Gasteiger partial charge in [-0.2, -0.15) is 0 Å². The van der Waals surface area contributed by atoms with Gasteiger partial charge in [0.1, 0.15) is 0 Å². The van der Waals surface area contributed by atoms with Crippen LogP contribution in [0.25, 0.3) is 0 Å². The summed E-state index contributed by atoms with van der Waals surface area (Å²) < 4.78 is 0. The lowest BCUT2D eigenvalue weighted by atomic mass is 9.89. The number of nitrogens with zero attached hydrogens (tertiary/aromatic N) is 1. The van der Waals surface area contributed by atoms with Crippen molar-refractivity contribution in [1.29, 1.82) is 0 Å². The van der Waals surface area contributed by atoms with Crippen molar-refractivity contribution in [1.82, 2.24) is 4.90 Å². The number of benzene rings is 1. The number of primary amides is 1. The average Bonchev–Trinajstić information content (AvgIpc) is 2.96. The Morgan fingerprint density at radius 1 is 1.30 bits per heavy atom. The van der Waals surface area contributed by atoms with Gasteiger partial charge in [0.25, 0.3) is 0 Å². The molecule has 1 aromatic rings. The van der Waals surface area contributed by atoms with Gasteiger partial charge in [0.2, 0.25) is 5.91 Å². The van der Waals surface area contributed by atoms with Gasteiger partial charge in [-0.3, -0.25) is 14.5 Å². The smallest absolute Gasteiger partial charge is 0.308 e. The van der Waals surface area contributed by atoms with Gasteiger partial charge >= 0.3 is 5.97 Å². The summed E-state index contributed by atoms with van der Waals surface area (Å²) in [5.74, 6) is -1.40. The first-order valence-electron chi connectivity index (χ1n) is 6.94. The van der Waals surface area contributed by atoms with Crippen molar-refractivity contribution in [3.63, 3.8) is 0 Å². The van der Waals surface area contributed by atoms with E-state index in [0.717, 1.165) is 24.8 Å². The van der Waals surface area contributed by atoms with Crippen molar-refractivity contribution in [3.05, 3.63) is 35.4 Å². The number of carbonyl (C=O) groups is 2. The number of nitrogens with two attached hydrogens (primary N) is 1. The molecule has 0 aromatic heterocycles. The van der Waals surface area contributed by atoms with Crippen LogP contribution in [0.1, 0.15) is 35.2 Å². The lowest BCUT2D eigenvalue weighted by molar-refractivity contribution is -0.142. The monoisotopic (exact) mass is 274 g/mol. The van der Waals surface area contributed by atoms with E-state index in [0.29, 0.717) is 18.2 Å². The fraction of sp³-hybridized carbons (Fsp3) is 0.467. The van der Waals surface area contributed by atoms with E-state index >= 15 is 0 Å². The van der Waals surface area contributed by atoms with Crippen LogP contribution < -0.4 is 5.73 Å². The molecule has 0 saturated carbocycles. The van der Waals surface area contributed by atoms with Crippen molar-refractivity contribution in [2.45, 2.75) is 37.9 Å². The van der Waals surface area contributed by atoms with Crippen molar-refractivity contribution in [2.24, 2.45) is 11.7 Å². The third-order valence-electron chi connectivity index (χ3n) is 4.63. The maximum atomic E-state index is 11.5. The largest absolute Gasteiger partial charge is 0.481 e. The minimum absolute atomic E-state index is 0.0958. The molecule has 1 amide bonds. The van der Waals surface area contributed by atoms with Gasteiger partial charge in [0.05, 0.1) is 5.92 Å². The minimum Gasteiger partial charge on any atom is -0.481 e. The summed E-state index contributed by atoms with van der Waals surface area (Å²) in [6.07, 6.45) is 2.70. The Morgan fingerprint density at radius 2 is 2.05 bits per heavy atom. The lowest BCUT2D eigenvalue weighted by Gasteiger charge is -2.23. The van der Waals surface area contributed by atoms with Crippen LogP contribution in [0.3, 0.4) is 0 Å². The molecule has 5 nitrogen and oxygen atoms in total. The zero-order valence-corrected chi connectivity index (χ0v) is 11.2. The van der Waals surface area contributed by atoms with E-state index in [1.165, 1.54) is 0 Å². The summed E-state index contributed by atoms with van der Waals surface area (Å²) in [6.45, 7) is 0.609. The topological polar surface area (TPSA) is 83.6 Å². The van der Waals surface area contributed by atoms with E-state index in [1.54, 1.807) is 12.1 Å². The predicted molar refractivity (Wildman–Crippen MR) is 73.1 cm³/mol.